The van der Waals surface area contributed by atoms with E-state index in [4.69, 9.17) is 25.2 Å². The molecule has 0 spiro atoms. The van der Waals surface area contributed by atoms with Crippen LogP contribution in [-0.2, 0) is 18.9 Å². The molecule has 5 aromatic rings. The molecule has 0 aliphatic rings. The first-order chi connectivity index (χ1) is 16.6. The van der Waals surface area contributed by atoms with E-state index in [1.54, 1.807) is 18.4 Å². The molecule has 0 N–H and O–H groups in total. The lowest BCUT2D eigenvalue weighted by Gasteiger charge is -2.09. The minimum absolute atomic E-state index is 0.240. The second-order valence-electron chi connectivity index (χ2n) is 7.10. The zero-order valence-electron chi connectivity index (χ0n) is 17.6. The Bertz CT molecular complexity index is 1350. The molecule has 0 unspecified atom stereocenters. The number of hydrogen-bond acceptors (Lipinski definition) is 8. The summed E-state index contributed by atoms with van der Waals surface area (Å²) in [4.78, 5) is 0. The van der Waals surface area contributed by atoms with Crippen molar-refractivity contribution in [3.63, 3.8) is 0 Å². The standard InChI is InChI=1S/C23H17BrClN5O3S/c24-16-5-3-15(4-6-16)22-28-27-21(33-22)14-34-23-29-26-20(30(23)12-19-2-1-11-31-19)13-32-18-9-7-17(25)8-10-18/h1-11H,12-14H2. The van der Waals surface area contributed by atoms with E-state index in [1.165, 1.54) is 11.8 Å². The summed E-state index contributed by atoms with van der Waals surface area (Å²) >= 11 is 10.8. The van der Waals surface area contributed by atoms with Gasteiger partial charge < -0.3 is 13.6 Å². The summed E-state index contributed by atoms with van der Waals surface area (Å²) in [6.07, 6.45) is 1.64. The minimum atomic E-state index is 0.240. The Labute approximate surface area is 212 Å². The van der Waals surface area contributed by atoms with Gasteiger partial charge in [0.25, 0.3) is 0 Å². The van der Waals surface area contributed by atoms with E-state index in [9.17, 15) is 0 Å². The second-order valence-corrected chi connectivity index (χ2v) is 9.40. The molecule has 0 atom stereocenters. The van der Waals surface area contributed by atoms with Gasteiger partial charge in [0, 0.05) is 15.1 Å². The van der Waals surface area contributed by atoms with Crippen LogP contribution in [0, 0.1) is 0 Å². The van der Waals surface area contributed by atoms with E-state index in [1.807, 2.05) is 53.1 Å². The Kier molecular flexibility index (Phi) is 6.98. The third-order valence-corrected chi connectivity index (χ3v) is 6.48. The number of benzene rings is 2. The predicted octanol–water partition coefficient (Wildman–Crippen LogP) is 6.26. The number of furan rings is 1. The number of hydrogen-bond donors (Lipinski definition) is 0. The molecule has 172 valence electrons. The Balaban J connectivity index is 1.30. The number of thioether (sulfide) groups is 1. The van der Waals surface area contributed by atoms with Crippen LogP contribution < -0.4 is 4.74 Å². The smallest absolute Gasteiger partial charge is 0.247 e. The summed E-state index contributed by atoms with van der Waals surface area (Å²) in [5.41, 5.74) is 0.856. The molecule has 5 rings (SSSR count). The summed E-state index contributed by atoms with van der Waals surface area (Å²) in [6, 6.07) is 18.6. The van der Waals surface area contributed by atoms with E-state index in [0.717, 1.165) is 15.8 Å². The van der Waals surface area contributed by atoms with Gasteiger partial charge in [0.15, 0.2) is 11.0 Å². The molecular weight excluding hydrogens is 542 g/mol. The van der Waals surface area contributed by atoms with Gasteiger partial charge in [-0.3, -0.25) is 4.57 Å². The van der Waals surface area contributed by atoms with Crippen LogP contribution in [0.4, 0.5) is 0 Å². The molecule has 8 nitrogen and oxygen atoms in total. The Hall–Kier alpha value is -3.08. The minimum Gasteiger partial charge on any atom is -0.486 e. The zero-order valence-corrected chi connectivity index (χ0v) is 20.8. The van der Waals surface area contributed by atoms with E-state index >= 15 is 0 Å². The highest BCUT2D eigenvalue weighted by atomic mass is 79.9. The van der Waals surface area contributed by atoms with Gasteiger partial charge in [-0.2, -0.15) is 0 Å². The van der Waals surface area contributed by atoms with Crippen molar-refractivity contribution < 1.29 is 13.6 Å². The van der Waals surface area contributed by atoms with Crippen molar-refractivity contribution in [3.8, 4) is 17.2 Å². The van der Waals surface area contributed by atoms with Gasteiger partial charge in [0.1, 0.15) is 18.1 Å². The topological polar surface area (TPSA) is 92.0 Å². The highest BCUT2D eigenvalue weighted by Crippen LogP contribution is 2.26. The number of nitrogens with zero attached hydrogens (tertiary/aromatic N) is 5. The molecular formula is C23H17BrClN5O3S. The maximum Gasteiger partial charge on any atom is 0.247 e. The van der Waals surface area contributed by atoms with Crippen molar-refractivity contribution in [3.05, 3.63) is 93.9 Å². The lowest BCUT2D eigenvalue weighted by molar-refractivity contribution is 0.287. The molecule has 0 saturated heterocycles. The average molecular weight is 559 g/mol. The fraction of sp³-hybridized carbons (Fsp3) is 0.130. The highest BCUT2D eigenvalue weighted by Gasteiger charge is 2.17. The Morgan fingerprint density at radius 2 is 1.79 bits per heavy atom. The van der Waals surface area contributed by atoms with E-state index in [-0.39, 0.29) is 6.61 Å². The molecule has 34 heavy (non-hydrogen) atoms. The first kappa shape index (κ1) is 22.7. The summed E-state index contributed by atoms with van der Waals surface area (Å²) < 4.78 is 20.2. The van der Waals surface area contributed by atoms with Crippen LogP contribution >= 0.6 is 39.3 Å². The average Bonchev–Trinajstić information content (AvgIpc) is 3.60. The van der Waals surface area contributed by atoms with Gasteiger partial charge in [-0.15, -0.1) is 20.4 Å². The van der Waals surface area contributed by atoms with Crippen LogP contribution in [-0.4, -0.2) is 25.0 Å². The van der Waals surface area contributed by atoms with Gasteiger partial charge in [0.2, 0.25) is 11.8 Å². The molecule has 3 aromatic heterocycles. The fourth-order valence-corrected chi connectivity index (χ4v) is 4.26. The number of rotatable bonds is 9. The maximum atomic E-state index is 5.95. The van der Waals surface area contributed by atoms with E-state index < -0.39 is 0 Å². The Morgan fingerprint density at radius 3 is 2.56 bits per heavy atom. The van der Waals surface area contributed by atoms with Crippen molar-refractivity contribution in [1.82, 2.24) is 25.0 Å². The summed E-state index contributed by atoms with van der Waals surface area (Å²) in [7, 11) is 0. The largest absolute Gasteiger partial charge is 0.486 e. The molecule has 3 heterocycles. The van der Waals surface area contributed by atoms with Crippen LogP contribution in [0.15, 0.2) is 85.4 Å². The molecule has 0 amide bonds. The van der Waals surface area contributed by atoms with Crippen molar-refractivity contribution in [2.24, 2.45) is 0 Å². The molecule has 11 heteroatoms. The number of halogens is 2. The van der Waals surface area contributed by atoms with Gasteiger partial charge in [-0.1, -0.05) is 39.3 Å². The van der Waals surface area contributed by atoms with Gasteiger partial charge in [-0.25, -0.2) is 0 Å². The van der Waals surface area contributed by atoms with Crippen LogP contribution in [0.2, 0.25) is 5.02 Å². The fourth-order valence-electron chi connectivity index (χ4n) is 3.08. The van der Waals surface area contributed by atoms with Gasteiger partial charge >= 0.3 is 0 Å². The van der Waals surface area contributed by atoms with Crippen LogP contribution in [0.5, 0.6) is 5.75 Å². The molecule has 2 aromatic carbocycles. The summed E-state index contributed by atoms with van der Waals surface area (Å²) in [6.45, 7) is 0.708. The van der Waals surface area contributed by atoms with Crippen LogP contribution in [0.3, 0.4) is 0 Å². The third kappa shape index (κ3) is 5.52. The van der Waals surface area contributed by atoms with E-state index in [2.05, 4.69) is 36.3 Å². The monoisotopic (exact) mass is 557 g/mol. The molecule has 0 aliphatic heterocycles. The maximum absolute atomic E-state index is 5.95. The first-order valence-corrected chi connectivity index (χ1v) is 12.3. The highest BCUT2D eigenvalue weighted by molar-refractivity contribution is 9.10. The normalized spacial score (nSPS) is 11.1. The predicted molar refractivity (Wildman–Crippen MR) is 131 cm³/mol. The molecule has 0 bridgehead atoms. The van der Waals surface area contributed by atoms with Gasteiger partial charge in [0.05, 0.1) is 18.6 Å². The zero-order chi connectivity index (χ0) is 23.3. The molecule has 0 fully saturated rings. The van der Waals surface area contributed by atoms with Crippen LogP contribution in [0.1, 0.15) is 17.5 Å². The summed E-state index contributed by atoms with van der Waals surface area (Å²) in [5, 5.41) is 18.3. The molecule has 0 aliphatic carbocycles. The molecule has 0 saturated carbocycles. The SMILES string of the molecule is Clc1ccc(OCc2nnc(SCc3nnc(-c4ccc(Br)cc4)o3)n2Cc2ccco2)cc1. The lowest BCUT2D eigenvalue weighted by atomic mass is 10.2. The quantitative estimate of drug-likeness (QED) is 0.196. The van der Waals surface area contributed by atoms with E-state index in [0.29, 0.717) is 45.8 Å². The Morgan fingerprint density at radius 1 is 0.971 bits per heavy atom. The summed E-state index contributed by atoms with van der Waals surface area (Å²) in [5.74, 6) is 3.54. The van der Waals surface area contributed by atoms with Crippen molar-refractivity contribution in [2.75, 3.05) is 0 Å². The third-order valence-electron chi connectivity index (χ3n) is 4.75. The van der Waals surface area contributed by atoms with Crippen LogP contribution in [0.25, 0.3) is 11.5 Å². The molecule has 0 radical (unpaired) electrons. The number of ether oxygens (including phenoxy) is 1. The van der Waals surface area contributed by atoms with Crippen molar-refractivity contribution in [1.29, 1.82) is 0 Å². The first-order valence-electron chi connectivity index (χ1n) is 10.2. The number of aromatic nitrogens is 5. The van der Waals surface area contributed by atoms with Crippen molar-refractivity contribution in [2.45, 2.75) is 24.1 Å². The second kappa shape index (κ2) is 10.5. The lowest BCUT2D eigenvalue weighted by Crippen LogP contribution is -2.09. The van der Waals surface area contributed by atoms with Gasteiger partial charge in [-0.05, 0) is 60.7 Å². The van der Waals surface area contributed by atoms with Crippen molar-refractivity contribution >= 4 is 39.3 Å².